The minimum atomic E-state index is -0.173. The van der Waals surface area contributed by atoms with Crippen LogP contribution in [0.4, 0.5) is 0 Å². The summed E-state index contributed by atoms with van der Waals surface area (Å²) in [5.74, 6) is 0.187. The summed E-state index contributed by atoms with van der Waals surface area (Å²) >= 11 is 12.7. The van der Waals surface area contributed by atoms with Gasteiger partial charge in [0.15, 0.2) is 0 Å². The number of aliphatic imine (C=N–C) groups is 1. The Kier molecular flexibility index (Phi) is 3.06. The van der Waals surface area contributed by atoms with E-state index in [9.17, 15) is 0 Å². The Hall–Kier alpha value is -1.06. The van der Waals surface area contributed by atoms with Gasteiger partial charge in [-0.15, -0.1) is 0 Å². The molecule has 2 unspecified atom stereocenters. The van der Waals surface area contributed by atoms with Gasteiger partial charge in [-0.3, -0.25) is 4.99 Å². The van der Waals surface area contributed by atoms with Crippen LogP contribution in [0.5, 0.6) is 0 Å². The molecule has 5 heteroatoms. The lowest BCUT2D eigenvalue weighted by molar-refractivity contribution is 0.0769. The number of rotatable bonds is 1. The molecule has 0 aliphatic carbocycles. The number of fused-ring (bicyclic) bond motifs is 1. The second-order valence-corrected chi connectivity index (χ2v) is 5.78. The Bertz CT molecular complexity index is 593. The summed E-state index contributed by atoms with van der Waals surface area (Å²) in [5.41, 5.74) is 4.87. The first-order chi connectivity index (χ1) is 9.02. The lowest BCUT2D eigenvalue weighted by atomic mass is 9.88. The van der Waals surface area contributed by atoms with E-state index in [-0.39, 0.29) is 12.1 Å². The SMILES string of the molecule is Cc1c(Cl)c(C)c(C2=NOC3N=CCC23)c(C)c1Cl. The van der Waals surface area contributed by atoms with Crippen molar-refractivity contribution in [2.45, 2.75) is 33.4 Å². The first-order valence-corrected chi connectivity index (χ1v) is 6.98. The van der Waals surface area contributed by atoms with Crippen LogP contribution in [0.2, 0.25) is 10.0 Å². The zero-order valence-electron chi connectivity index (χ0n) is 11.0. The summed E-state index contributed by atoms with van der Waals surface area (Å²) in [6, 6.07) is 0. The summed E-state index contributed by atoms with van der Waals surface area (Å²) in [6.45, 7) is 5.93. The van der Waals surface area contributed by atoms with E-state index < -0.39 is 0 Å². The Morgan fingerprint density at radius 2 is 1.74 bits per heavy atom. The van der Waals surface area contributed by atoms with Crippen LogP contribution < -0.4 is 0 Å². The van der Waals surface area contributed by atoms with Crippen molar-refractivity contribution < 1.29 is 4.84 Å². The van der Waals surface area contributed by atoms with E-state index in [0.29, 0.717) is 10.0 Å². The number of benzene rings is 1. The van der Waals surface area contributed by atoms with Crippen LogP contribution in [0, 0.1) is 26.7 Å². The zero-order chi connectivity index (χ0) is 13.7. The van der Waals surface area contributed by atoms with Gasteiger partial charge >= 0.3 is 0 Å². The quantitative estimate of drug-likeness (QED) is 0.769. The van der Waals surface area contributed by atoms with Gasteiger partial charge in [-0.25, -0.2) is 0 Å². The summed E-state index contributed by atoms with van der Waals surface area (Å²) < 4.78 is 0. The van der Waals surface area contributed by atoms with E-state index in [2.05, 4.69) is 10.1 Å². The molecule has 0 aromatic heterocycles. The third-order valence-corrected chi connectivity index (χ3v) is 5.02. The minimum Gasteiger partial charge on any atom is -0.368 e. The first kappa shape index (κ1) is 12.9. The van der Waals surface area contributed by atoms with Crippen molar-refractivity contribution in [1.29, 1.82) is 0 Å². The topological polar surface area (TPSA) is 34.0 Å². The van der Waals surface area contributed by atoms with Crippen molar-refractivity contribution >= 4 is 35.1 Å². The molecule has 0 bridgehead atoms. The van der Waals surface area contributed by atoms with Gasteiger partial charge < -0.3 is 4.84 Å². The summed E-state index contributed by atoms with van der Waals surface area (Å²) in [6.07, 6.45) is 2.57. The molecule has 1 aromatic carbocycles. The van der Waals surface area contributed by atoms with Crippen LogP contribution >= 0.6 is 23.2 Å². The van der Waals surface area contributed by atoms with Crippen molar-refractivity contribution in [3.63, 3.8) is 0 Å². The average molecular weight is 297 g/mol. The van der Waals surface area contributed by atoms with Gasteiger partial charge in [0.2, 0.25) is 6.23 Å². The molecule has 100 valence electrons. The van der Waals surface area contributed by atoms with Gasteiger partial charge in [-0.1, -0.05) is 28.4 Å². The predicted molar refractivity (Wildman–Crippen MR) is 78.7 cm³/mol. The van der Waals surface area contributed by atoms with E-state index in [0.717, 1.165) is 34.4 Å². The fourth-order valence-electron chi connectivity index (χ4n) is 2.80. The molecule has 2 aliphatic heterocycles. The largest absolute Gasteiger partial charge is 0.368 e. The molecule has 2 atom stereocenters. The smallest absolute Gasteiger partial charge is 0.225 e. The van der Waals surface area contributed by atoms with Crippen LogP contribution in [0.15, 0.2) is 10.1 Å². The average Bonchev–Trinajstić information content (AvgIpc) is 2.98. The number of hydrogen-bond acceptors (Lipinski definition) is 3. The fraction of sp³-hybridized carbons (Fsp3) is 0.429. The minimum absolute atomic E-state index is 0.173. The molecule has 0 N–H and O–H groups in total. The van der Waals surface area contributed by atoms with Crippen LogP contribution in [0.1, 0.15) is 28.7 Å². The molecule has 2 heterocycles. The third-order valence-electron chi connectivity index (χ3n) is 3.89. The lowest BCUT2D eigenvalue weighted by Gasteiger charge is -2.17. The van der Waals surface area contributed by atoms with Crippen LogP contribution in [0.3, 0.4) is 0 Å². The van der Waals surface area contributed by atoms with Gasteiger partial charge in [0, 0.05) is 21.8 Å². The van der Waals surface area contributed by atoms with Crippen molar-refractivity contribution in [3.05, 3.63) is 32.3 Å². The molecule has 3 rings (SSSR count). The molecule has 0 spiro atoms. The Morgan fingerprint density at radius 3 is 2.37 bits per heavy atom. The van der Waals surface area contributed by atoms with Crippen LogP contribution in [0.25, 0.3) is 0 Å². The Morgan fingerprint density at radius 1 is 1.11 bits per heavy atom. The van der Waals surface area contributed by atoms with Crippen molar-refractivity contribution in [3.8, 4) is 0 Å². The third kappa shape index (κ3) is 1.79. The molecule has 0 radical (unpaired) electrons. The van der Waals surface area contributed by atoms with Gasteiger partial charge in [-0.05, 0) is 43.9 Å². The van der Waals surface area contributed by atoms with Crippen LogP contribution in [-0.2, 0) is 4.84 Å². The number of halogens is 2. The molecule has 0 saturated heterocycles. The maximum atomic E-state index is 6.37. The maximum Gasteiger partial charge on any atom is 0.225 e. The normalized spacial score (nSPS) is 24.4. The highest BCUT2D eigenvalue weighted by atomic mass is 35.5. The molecule has 19 heavy (non-hydrogen) atoms. The molecular formula is C14H14Cl2N2O. The van der Waals surface area contributed by atoms with Crippen LogP contribution in [-0.4, -0.2) is 18.2 Å². The van der Waals surface area contributed by atoms with E-state index in [4.69, 9.17) is 28.0 Å². The monoisotopic (exact) mass is 296 g/mol. The summed E-state index contributed by atoms with van der Waals surface area (Å²) in [7, 11) is 0. The molecule has 0 saturated carbocycles. The Labute approximate surface area is 122 Å². The number of nitrogens with zero attached hydrogens (tertiary/aromatic N) is 2. The van der Waals surface area contributed by atoms with Gasteiger partial charge in [0.05, 0.1) is 11.6 Å². The maximum absolute atomic E-state index is 6.37. The molecule has 0 amide bonds. The highest BCUT2D eigenvalue weighted by molar-refractivity contribution is 6.38. The predicted octanol–water partition coefficient (Wildman–Crippen LogP) is 4.07. The Balaban J connectivity index is 2.17. The van der Waals surface area contributed by atoms with Crippen molar-refractivity contribution in [2.24, 2.45) is 16.1 Å². The molecule has 2 aliphatic rings. The van der Waals surface area contributed by atoms with E-state index in [1.165, 1.54) is 0 Å². The fourth-order valence-corrected chi connectivity index (χ4v) is 3.23. The summed E-state index contributed by atoms with van der Waals surface area (Å²) in [4.78, 5) is 9.64. The zero-order valence-corrected chi connectivity index (χ0v) is 12.5. The van der Waals surface area contributed by atoms with Gasteiger partial charge in [0.25, 0.3) is 0 Å². The van der Waals surface area contributed by atoms with E-state index >= 15 is 0 Å². The number of hydrogen-bond donors (Lipinski definition) is 0. The van der Waals surface area contributed by atoms with Crippen molar-refractivity contribution in [2.75, 3.05) is 0 Å². The standard InChI is InChI=1S/C14H14Cl2N2O/c1-6-10(7(2)12(16)8(3)11(6)15)13-9-4-5-17-14(9)19-18-13/h5,9,14H,4H2,1-3H3. The summed E-state index contributed by atoms with van der Waals surface area (Å²) in [5, 5.41) is 5.62. The van der Waals surface area contributed by atoms with Gasteiger partial charge in [0.1, 0.15) is 0 Å². The van der Waals surface area contributed by atoms with E-state index in [1.54, 1.807) is 0 Å². The highest BCUT2D eigenvalue weighted by Gasteiger charge is 2.38. The molecule has 0 fully saturated rings. The molecule has 1 aromatic rings. The van der Waals surface area contributed by atoms with E-state index in [1.807, 2.05) is 27.0 Å². The lowest BCUT2D eigenvalue weighted by Crippen LogP contribution is -2.20. The second-order valence-electron chi connectivity index (χ2n) is 5.02. The van der Waals surface area contributed by atoms with Crippen molar-refractivity contribution in [1.82, 2.24) is 0 Å². The first-order valence-electron chi connectivity index (χ1n) is 6.22. The number of oxime groups is 1. The molecule has 3 nitrogen and oxygen atoms in total. The molecular weight excluding hydrogens is 283 g/mol. The van der Waals surface area contributed by atoms with Gasteiger partial charge in [-0.2, -0.15) is 0 Å². The highest BCUT2D eigenvalue weighted by Crippen LogP contribution is 2.38. The second kappa shape index (κ2) is 4.50.